The minimum atomic E-state index is 0.629. The van der Waals surface area contributed by atoms with Crippen molar-refractivity contribution in [2.75, 3.05) is 0 Å². The van der Waals surface area contributed by atoms with E-state index < -0.39 is 0 Å². The number of aromatic nitrogens is 2. The van der Waals surface area contributed by atoms with Crippen LogP contribution in [0.5, 0.6) is 0 Å². The van der Waals surface area contributed by atoms with Gasteiger partial charge in [0.15, 0.2) is 6.20 Å². The summed E-state index contributed by atoms with van der Waals surface area (Å²) in [6.07, 6.45) is 4.12. The van der Waals surface area contributed by atoms with E-state index in [0.717, 1.165) is 0 Å². The van der Waals surface area contributed by atoms with Crippen molar-refractivity contribution in [1.82, 2.24) is 4.98 Å². The van der Waals surface area contributed by atoms with E-state index in [2.05, 4.69) is 20.9 Å². The molecule has 0 N–H and O–H groups in total. The van der Waals surface area contributed by atoms with Gasteiger partial charge in [-0.05, 0) is 15.9 Å². The van der Waals surface area contributed by atoms with Gasteiger partial charge < -0.3 is 5.21 Å². The van der Waals surface area contributed by atoms with Crippen LogP contribution in [0.1, 0.15) is 0 Å². The van der Waals surface area contributed by atoms with Crippen molar-refractivity contribution in [1.29, 1.82) is 0 Å². The minimum Gasteiger partial charge on any atom is -0.711 e. The Morgan fingerprint density at radius 1 is 1.75 bits per heavy atom. The predicted octanol–water partition coefficient (Wildman–Crippen LogP) is 0.478. The van der Waals surface area contributed by atoms with Crippen LogP contribution < -0.4 is 4.73 Å². The van der Waals surface area contributed by atoms with E-state index in [9.17, 15) is 5.21 Å². The smallest absolute Gasteiger partial charge is 0.289 e. The lowest BCUT2D eigenvalue weighted by Crippen LogP contribution is -2.24. The highest BCUT2D eigenvalue weighted by atomic mass is 79.9. The topological polar surface area (TPSA) is 39.8 Å². The SMILES string of the molecule is [O-][n+]1cncc(Br)c1. The molecular formula is C4H3BrN2O. The lowest BCUT2D eigenvalue weighted by molar-refractivity contribution is -0.609. The molecule has 0 aromatic carbocycles. The zero-order valence-electron chi connectivity index (χ0n) is 3.91. The van der Waals surface area contributed by atoms with Gasteiger partial charge in [-0.1, -0.05) is 4.98 Å². The number of rotatable bonds is 0. The van der Waals surface area contributed by atoms with E-state index in [-0.39, 0.29) is 0 Å². The third-order valence-electron chi connectivity index (χ3n) is 0.629. The largest absolute Gasteiger partial charge is 0.711 e. The maximum atomic E-state index is 10.3. The highest BCUT2D eigenvalue weighted by molar-refractivity contribution is 9.10. The minimum absolute atomic E-state index is 0.629. The van der Waals surface area contributed by atoms with Gasteiger partial charge >= 0.3 is 0 Å². The summed E-state index contributed by atoms with van der Waals surface area (Å²) in [5, 5.41) is 10.3. The molecule has 0 aliphatic heterocycles. The Kier molecular flexibility index (Phi) is 1.43. The molecule has 0 saturated carbocycles. The van der Waals surface area contributed by atoms with Crippen molar-refractivity contribution < 1.29 is 4.73 Å². The fourth-order valence-electron chi connectivity index (χ4n) is 0.358. The molecule has 0 amide bonds. The Bertz CT molecular complexity index is 174. The van der Waals surface area contributed by atoms with Crippen LogP contribution >= 0.6 is 15.9 Å². The zero-order chi connectivity index (χ0) is 5.98. The first-order valence-electron chi connectivity index (χ1n) is 1.98. The molecular weight excluding hydrogens is 172 g/mol. The molecule has 0 aliphatic carbocycles. The van der Waals surface area contributed by atoms with Crippen molar-refractivity contribution in [2.24, 2.45) is 0 Å². The van der Waals surface area contributed by atoms with Gasteiger partial charge in [0.1, 0.15) is 10.7 Å². The zero-order valence-corrected chi connectivity index (χ0v) is 5.50. The summed E-state index contributed by atoms with van der Waals surface area (Å²) in [5.41, 5.74) is 0. The first-order chi connectivity index (χ1) is 3.79. The fourth-order valence-corrected chi connectivity index (χ4v) is 0.678. The second kappa shape index (κ2) is 2.09. The molecule has 1 aromatic rings. The number of halogens is 1. The number of hydrogen-bond acceptors (Lipinski definition) is 2. The highest BCUT2D eigenvalue weighted by Gasteiger charge is 1.88. The molecule has 0 bridgehead atoms. The summed E-state index contributed by atoms with van der Waals surface area (Å²) in [5.74, 6) is 0. The molecule has 0 radical (unpaired) electrons. The van der Waals surface area contributed by atoms with E-state index in [1.165, 1.54) is 12.5 Å². The molecule has 1 aromatic heterocycles. The van der Waals surface area contributed by atoms with Crippen LogP contribution in [0.15, 0.2) is 23.2 Å². The van der Waals surface area contributed by atoms with Crippen molar-refractivity contribution in [2.45, 2.75) is 0 Å². The first-order valence-corrected chi connectivity index (χ1v) is 2.77. The van der Waals surface area contributed by atoms with E-state index >= 15 is 0 Å². The third kappa shape index (κ3) is 1.16. The summed E-state index contributed by atoms with van der Waals surface area (Å²) >= 11 is 3.08. The number of hydrogen-bond donors (Lipinski definition) is 0. The summed E-state index contributed by atoms with van der Waals surface area (Å²) in [6, 6.07) is 0. The van der Waals surface area contributed by atoms with Crippen LogP contribution in [0.4, 0.5) is 0 Å². The van der Waals surface area contributed by atoms with Crippen LogP contribution in [0, 0.1) is 5.21 Å². The molecule has 42 valence electrons. The average Bonchev–Trinajstić information content (AvgIpc) is 1.64. The Labute approximate surface area is 54.7 Å². The van der Waals surface area contributed by atoms with Crippen LogP contribution in [-0.2, 0) is 0 Å². The van der Waals surface area contributed by atoms with Gasteiger partial charge in [0.2, 0.25) is 0 Å². The second-order valence-electron chi connectivity index (χ2n) is 1.27. The molecule has 1 rings (SSSR count). The lowest BCUT2D eigenvalue weighted by atomic mass is 10.7. The van der Waals surface area contributed by atoms with Crippen LogP contribution in [0.25, 0.3) is 0 Å². The molecule has 0 spiro atoms. The monoisotopic (exact) mass is 174 g/mol. The maximum absolute atomic E-state index is 10.3. The van der Waals surface area contributed by atoms with Crippen LogP contribution in [0.3, 0.4) is 0 Å². The van der Waals surface area contributed by atoms with Crippen molar-refractivity contribution in [3.8, 4) is 0 Å². The molecule has 0 atom stereocenters. The molecule has 4 heteroatoms. The Balaban J connectivity index is 3.08. The van der Waals surface area contributed by atoms with Gasteiger partial charge in [-0.3, -0.25) is 0 Å². The van der Waals surface area contributed by atoms with Gasteiger partial charge in [0.25, 0.3) is 6.33 Å². The Morgan fingerprint density at radius 2 is 2.50 bits per heavy atom. The summed E-state index contributed by atoms with van der Waals surface area (Å²) in [6.45, 7) is 0. The van der Waals surface area contributed by atoms with Gasteiger partial charge in [-0.2, -0.15) is 0 Å². The van der Waals surface area contributed by atoms with Crippen molar-refractivity contribution in [3.05, 3.63) is 28.4 Å². The molecule has 3 nitrogen and oxygen atoms in total. The maximum Gasteiger partial charge on any atom is 0.289 e. The standard InChI is InChI=1S/C4H3BrN2O/c5-4-1-6-3-7(8)2-4/h1-3H. The van der Waals surface area contributed by atoms with Crippen molar-refractivity contribution >= 4 is 15.9 Å². The molecule has 0 fully saturated rings. The molecule has 0 aliphatic rings. The average molecular weight is 175 g/mol. The van der Waals surface area contributed by atoms with E-state index in [1.807, 2.05) is 0 Å². The third-order valence-corrected chi connectivity index (χ3v) is 1.04. The van der Waals surface area contributed by atoms with E-state index in [0.29, 0.717) is 9.20 Å². The fraction of sp³-hybridized carbons (Fsp3) is 0. The molecule has 8 heavy (non-hydrogen) atoms. The lowest BCUT2D eigenvalue weighted by Gasteiger charge is -1.94. The Hall–Kier alpha value is -0.640. The quantitative estimate of drug-likeness (QED) is 0.424. The number of nitrogens with zero attached hydrogens (tertiary/aromatic N) is 2. The van der Waals surface area contributed by atoms with Crippen molar-refractivity contribution in [3.63, 3.8) is 0 Å². The highest BCUT2D eigenvalue weighted by Crippen LogP contribution is 1.99. The van der Waals surface area contributed by atoms with Gasteiger partial charge in [0.05, 0.1) is 0 Å². The first kappa shape index (κ1) is 5.50. The summed E-state index contributed by atoms with van der Waals surface area (Å²) in [7, 11) is 0. The predicted molar refractivity (Wildman–Crippen MR) is 30.9 cm³/mol. The van der Waals surface area contributed by atoms with Gasteiger partial charge in [0, 0.05) is 0 Å². The molecule has 1 heterocycles. The summed E-state index contributed by atoms with van der Waals surface area (Å²) < 4.78 is 1.32. The van der Waals surface area contributed by atoms with Gasteiger partial charge in [-0.25, -0.2) is 4.73 Å². The second-order valence-corrected chi connectivity index (χ2v) is 2.18. The van der Waals surface area contributed by atoms with Crippen LogP contribution in [0.2, 0.25) is 0 Å². The van der Waals surface area contributed by atoms with E-state index in [4.69, 9.17) is 0 Å². The molecule has 0 saturated heterocycles. The van der Waals surface area contributed by atoms with Crippen LogP contribution in [-0.4, -0.2) is 4.98 Å². The Morgan fingerprint density at radius 3 is 2.88 bits per heavy atom. The normalized spacial score (nSPS) is 9.12. The van der Waals surface area contributed by atoms with E-state index in [1.54, 1.807) is 6.20 Å². The summed E-state index contributed by atoms with van der Waals surface area (Å²) in [4.78, 5) is 3.59. The van der Waals surface area contributed by atoms with Gasteiger partial charge in [-0.15, -0.1) is 0 Å². The molecule has 0 unspecified atom stereocenters.